The molecule has 2 aromatic carbocycles. The molecule has 0 unspecified atom stereocenters. The van der Waals surface area contributed by atoms with Crippen molar-refractivity contribution in [2.24, 2.45) is 0 Å². The van der Waals surface area contributed by atoms with Crippen LogP contribution in [0.5, 0.6) is 0 Å². The summed E-state index contributed by atoms with van der Waals surface area (Å²) in [5.74, 6) is -0.992. The van der Waals surface area contributed by atoms with Gasteiger partial charge in [-0.2, -0.15) is 0 Å². The van der Waals surface area contributed by atoms with Gasteiger partial charge >= 0.3 is 5.97 Å². The number of carbonyl (C=O) groups excluding carboxylic acids is 1. The highest BCUT2D eigenvalue weighted by Gasteiger charge is 2.13. The number of halogens is 3. The average Bonchev–Trinajstić information content (AvgIpc) is 2.48. The first-order chi connectivity index (χ1) is 10.0. The van der Waals surface area contributed by atoms with E-state index in [9.17, 15) is 9.18 Å². The van der Waals surface area contributed by atoms with Gasteiger partial charge in [-0.05, 0) is 24.3 Å². The Hall–Kier alpha value is -1.78. The monoisotopic (exact) mass is 327 g/mol. The number of nitrogens with one attached hydrogen (secondary N) is 1. The molecule has 2 aromatic rings. The number of benzene rings is 2. The second-order valence-corrected chi connectivity index (χ2v) is 5.09. The van der Waals surface area contributed by atoms with E-state index in [2.05, 4.69) is 5.32 Å². The van der Waals surface area contributed by atoms with Crippen molar-refractivity contribution in [3.05, 3.63) is 63.4 Å². The maximum Gasteiger partial charge on any atom is 0.339 e. The molecule has 0 aliphatic rings. The molecule has 2 rings (SSSR count). The number of hydrogen-bond donors (Lipinski definition) is 1. The molecule has 1 N–H and O–H groups in total. The van der Waals surface area contributed by atoms with E-state index in [-0.39, 0.29) is 11.6 Å². The number of rotatable bonds is 4. The number of ether oxygens (including phenoxy) is 1. The second kappa shape index (κ2) is 6.78. The molecule has 0 aliphatic heterocycles. The van der Waals surface area contributed by atoms with Gasteiger partial charge in [-0.3, -0.25) is 0 Å². The Balaban J connectivity index is 2.25. The Bertz CT molecular complexity index is 677. The summed E-state index contributed by atoms with van der Waals surface area (Å²) >= 11 is 11.6. The zero-order chi connectivity index (χ0) is 15.4. The van der Waals surface area contributed by atoms with Crippen LogP contribution in [0, 0.1) is 5.82 Å². The molecule has 6 heteroatoms. The van der Waals surface area contributed by atoms with Crippen LogP contribution < -0.4 is 5.32 Å². The average molecular weight is 328 g/mol. The van der Waals surface area contributed by atoms with E-state index in [0.717, 1.165) is 0 Å². The standard InChI is InChI=1S/C15H12Cl2FNO2/c1-21-15(20)11-6-5-10(16)7-13(11)19-8-9-3-2-4-12(17)14(9)18/h2-7,19H,8H2,1H3. The molecule has 110 valence electrons. The lowest BCUT2D eigenvalue weighted by Gasteiger charge is -2.12. The maximum atomic E-state index is 13.8. The Labute approximate surface area is 131 Å². The SMILES string of the molecule is COC(=O)c1ccc(Cl)cc1NCc1cccc(Cl)c1F. The predicted molar refractivity (Wildman–Crippen MR) is 81.5 cm³/mol. The van der Waals surface area contributed by atoms with E-state index < -0.39 is 11.8 Å². The summed E-state index contributed by atoms with van der Waals surface area (Å²) in [5.41, 5.74) is 1.18. The minimum atomic E-state index is -0.499. The number of esters is 1. The van der Waals surface area contributed by atoms with E-state index in [1.54, 1.807) is 30.3 Å². The number of carbonyl (C=O) groups is 1. The first-order valence-corrected chi connectivity index (χ1v) is 6.83. The van der Waals surface area contributed by atoms with Crippen molar-refractivity contribution in [2.75, 3.05) is 12.4 Å². The van der Waals surface area contributed by atoms with Crippen LogP contribution in [0.15, 0.2) is 36.4 Å². The third-order valence-corrected chi connectivity index (χ3v) is 3.41. The van der Waals surface area contributed by atoms with Gasteiger partial charge in [0.05, 0.1) is 23.4 Å². The lowest BCUT2D eigenvalue weighted by atomic mass is 10.1. The lowest BCUT2D eigenvalue weighted by molar-refractivity contribution is 0.0602. The molecule has 0 spiro atoms. The van der Waals surface area contributed by atoms with Crippen molar-refractivity contribution in [3.8, 4) is 0 Å². The molecule has 0 aromatic heterocycles. The number of hydrogen-bond acceptors (Lipinski definition) is 3. The molecule has 0 bridgehead atoms. The lowest BCUT2D eigenvalue weighted by Crippen LogP contribution is -2.09. The van der Waals surface area contributed by atoms with Crippen LogP contribution in [0.25, 0.3) is 0 Å². The molecule has 0 radical (unpaired) electrons. The van der Waals surface area contributed by atoms with Crippen LogP contribution in [0.1, 0.15) is 15.9 Å². The topological polar surface area (TPSA) is 38.3 Å². The van der Waals surface area contributed by atoms with E-state index in [0.29, 0.717) is 21.8 Å². The molecule has 21 heavy (non-hydrogen) atoms. The van der Waals surface area contributed by atoms with Gasteiger partial charge in [0.2, 0.25) is 0 Å². The third-order valence-electron chi connectivity index (χ3n) is 2.89. The summed E-state index contributed by atoms with van der Waals surface area (Å²) < 4.78 is 18.5. The van der Waals surface area contributed by atoms with Gasteiger partial charge in [0.15, 0.2) is 0 Å². The third kappa shape index (κ3) is 3.65. The molecule has 0 saturated heterocycles. The van der Waals surface area contributed by atoms with Crippen LogP contribution in [0.3, 0.4) is 0 Å². The summed E-state index contributed by atoms with van der Waals surface area (Å²) in [7, 11) is 1.29. The van der Waals surface area contributed by atoms with E-state index >= 15 is 0 Å². The highest BCUT2D eigenvalue weighted by atomic mass is 35.5. The van der Waals surface area contributed by atoms with Gasteiger partial charge in [0.25, 0.3) is 0 Å². The summed E-state index contributed by atoms with van der Waals surface area (Å²) in [4.78, 5) is 11.7. The van der Waals surface area contributed by atoms with Crippen molar-refractivity contribution in [1.82, 2.24) is 0 Å². The summed E-state index contributed by atoms with van der Waals surface area (Å²) in [6.07, 6.45) is 0. The largest absolute Gasteiger partial charge is 0.465 e. The van der Waals surface area contributed by atoms with Crippen molar-refractivity contribution >= 4 is 34.9 Å². The number of anilines is 1. The van der Waals surface area contributed by atoms with Gasteiger partial charge < -0.3 is 10.1 Å². The van der Waals surface area contributed by atoms with Crippen molar-refractivity contribution in [3.63, 3.8) is 0 Å². The highest BCUT2D eigenvalue weighted by molar-refractivity contribution is 6.31. The van der Waals surface area contributed by atoms with Gasteiger partial charge in [-0.1, -0.05) is 35.3 Å². The molecular weight excluding hydrogens is 316 g/mol. The van der Waals surface area contributed by atoms with Gasteiger partial charge in [0, 0.05) is 17.1 Å². The fourth-order valence-corrected chi connectivity index (χ4v) is 2.19. The fourth-order valence-electron chi connectivity index (χ4n) is 1.83. The van der Waals surface area contributed by atoms with E-state index in [1.807, 2.05) is 0 Å². The highest BCUT2D eigenvalue weighted by Crippen LogP contribution is 2.24. The van der Waals surface area contributed by atoms with Gasteiger partial charge in [-0.25, -0.2) is 9.18 Å². The molecule has 0 aliphatic carbocycles. The quantitative estimate of drug-likeness (QED) is 0.838. The fraction of sp³-hybridized carbons (Fsp3) is 0.133. The second-order valence-electron chi connectivity index (χ2n) is 4.25. The Kier molecular flexibility index (Phi) is 5.04. The number of methoxy groups -OCH3 is 1. The molecule has 0 heterocycles. The minimum absolute atomic E-state index is 0.0496. The van der Waals surface area contributed by atoms with Crippen LogP contribution in [0.2, 0.25) is 10.0 Å². The Morgan fingerprint density at radius 1 is 1.29 bits per heavy atom. The normalized spacial score (nSPS) is 10.3. The van der Waals surface area contributed by atoms with Crippen LogP contribution in [-0.4, -0.2) is 13.1 Å². The maximum absolute atomic E-state index is 13.8. The molecular formula is C15H12Cl2FNO2. The Morgan fingerprint density at radius 2 is 2.05 bits per heavy atom. The summed E-state index contributed by atoms with van der Waals surface area (Å²) in [5, 5.41) is 3.47. The van der Waals surface area contributed by atoms with E-state index in [4.69, 9.17) is 27.9 Å². The zero-order valence-corrected chi connectivity index (χ0v) is 12.6. The minimum Gasteiger partial charge on any atom is -0.465 e. The molecule has 3 nitrogen and oxygen atoms in total. The molecule has 0 atom stereocenters. The smallest absolute Gasteiger partial charge is 0.339 e. The summed E-state index contributed by atoms with van der Waals surface area (Å²) in [6, 6.07) is 9.44. The summed E-state index contributed by atoms with van der Waals surface area (Å²) in [6.45, 7) is 0.163. The zero-order valence-electron chi connectivity index (χ0n) is 11.1. The molecule has 0 amide bonds. The first kappa shape index (κ1) is 15.6. The first-order valence-electron chi connectivity index (χ1n) is 6.07. The predicted octanol–water partition coefficient (Wildman–Crippen LogP) is 4.53. The van der Waals surface area contributed by atoms with Crippen LogP contribution in [0.4, 0.5) is 10.1 Å². The van der Waals surface area contributed by atoms with E-state index in [1.165, 1.54) is 13.2 Å². The van der Waals surface area contributed by atoms with Crippen LogP contribution in [-0.2, 0) is 11.3 Å². The van der Waals surface area contributed by atoms with Crippen molar-refractivity contribution in [2.45, 2.75) is 6.54 Å². The van der Waals surface area contributed by atoms with Crippen molar-refractivity contribution in [1.29, 1.82) is 0 Å². The van der Waals surface area contributed by atoms with Crippen molar-refractivity contribution < 1.29 is 13.9 Å². The van der Waals surface area contributed by atoms with Gasteiger partial charge in [0.1, 0.15) is 5.82 Å². The van der Waals surface area contributed by atoms with Gasteiger partial charge in [-0.15, -0.1) is 0 Å². The Morgan fingerprint density at radius 3 is 2.76 bits per heavy atom. The molecule has 0 saturated carbocycles. The van der Waals surface area contributed by atoms with Crippen LogP contribution >= 0.6 is 23.2 Å². The molecule has 0 fully saturated rings.